The molecule has 2 aromatic rings. The third-order valence-electron chi connectivity index (χ3n) is 2.56. The summed E-state index contributed by atoms with van der Waals surface area (Å²) in [4.78, 5) is 11.0. The van der Waals surface area contributed by atoms with E-state index in [2.05, 4.69) is 5.16 Å². The molecule has 0 aliphatic heterocycles. The predicted octanol–water partition coefficient (Wildman–Crippen LogP) is 2.94. The van der Waals surface area contributed by atoms with Gasteiger partial charge in [0.05, 0.1) is 5.69 Å². The van der Waals surface area contributed by atoms with Crippen LogP contribution in [0.25, 0.3) is 6.08 Å². The summed E-state index contributed by atoms with van der Waals surface area (Å²) in [5, 5.41) is 12.7. The van der Waals surface area contributed by atoms with Gasteiger partial charge in [-0.15, -0.1) is 0 Å². The first-order valence-electron chi connectivity index (χ1n) is 5.58. The van der Waals surface area contributed by atoms with E-state index in [4.69, 9.17) is 9.63 Å². The smallest absolute Gasteiger partial charge is 0.341 e. The van der Waals surface area contributed by atoms with Crippen molar-refractivity contribution in [1.82, 2.24) is 5.16 Å². The van der Waals surface area contributed by atoms with Gasteiger partial charge in [-0.3, -0.25) is 0 Å². The SMILES string of the molecule is Cc1noc(C/C=C/c2ccccc2)c1C(=O)O. The van der Waals surface area contributed by atoms with Crippen LogP contribution in [0, 0.1) is 6.92 Å². The van der Waals surface area contributed by atoms with Crippen molar-refractivity contribution in [2.24, 2.45) is 0 Å². The van der Waals surface area contributed by atoms with E-state index in [0.717, 1.165) is 5.56 Å². The van der Waals surface area contributed by atoms with E-state index in [1.54, 1.807) is 6.92 Å². The highest BCUT2D eigenvalue weighted by atomic mass is 16.5. The van der Waals surface area contributed by atoms with Gasteiger partial charge in [0.2, 0.25) is 0 Å². The zero-order chi connectivity index (χ0) is 13.0. The van der Waals surface area contributed by atoms with Gasteiger partial charge < -0.3 is 9.63 Å². The normalized spacial score (nSPS) is 10.9. The molecule has 0 bridgehead atoms. The molecule has 4 heteroatoms. The zero-order valence-electron chi connectivity index (χ0n) is 9.96. The number of carboxylic acids is 1. The topological polar surface area (TPSA) is 63.3 Å². The van der Waals surface area contributed by atoms with Gasteiger partial charge >= 0.3 is 5.97 Å². The van der Waals surface area contributed by atoms with Gasteiger partial charge in [-0.05, 0) is 12.5 Å². The van der Waals surface area contributed by atoms with Crippen LogP contribution in [0.3, 0.4) is 0 Å². The zero-order valence-corrected chi connectivity index (χ0v) is 9.96. The Labute approximate surface area is 105 Å². The number of aryl methyl sites for hydroxylation is 1. The minimum Gasteiger partial charge on any atom is -0.477 e. The molecule has 0 aliphatic rings. The fourth-order valence-electron chi connectivity index (χ4n) is 1.70. The van der Waals surface area contributed by atoms with Crippen molar-refractivity contribution in [3.05, 3.63) is 59.0 Å². The van der Waals surface area contributed by atoms with Gasteiger partial charge in [0.15, 0.2) is 5.76 Å². The quantitative estimate of drug-likeness (QED) is 0.896. The summed E-state index contributed by atoms with van der Waals surface area (Å²) in [6.07, 6.45) is 4.20. The lowest BCUT2D eigenvalue weighted by molar-refractivity contribution is 0.0694. The van der Waals surface area contributed by atoms with Crippen LogP contribution in [0.4, 0.5) is 0 Å². The molecular weight excluding hydrogens is 230 g/mol. The number of nitrogens with zero attached hydrogens (tertiary/aromatic N) is 1. The van der Waals surface area contributed by atoms with Crippen molar-refractivity contribution in [2.45, 2.75) is 13.3 Å². The van der Waals surface area contributed by atoms with Gasteiger partial charge in [0, 0.05) is 6.42 Å². The second-order valence-corrected chi connectivity index (χ2v) is 3.89. The average molecular weight is 243 g/mol. The Morgan fingerprint density at radius 2 is 2.11 bits per heavy atom. The molecule has 0 atom stereocenters. The molecule has 1 heterocycles. The van der Waals surface area contributed by atoms with Crippen LogP contribution in [-0.4, -0.2) is 16.2 Å². The molecular formula is C14H13NO3. The van der Waals surface area contributed by atoms with Crippen LogP contribution in [-0.2, 0) is 6.42 Å². The number of aromatic nitrogens is 1. The number of allylic oxidation sites excluding steroid dienone is 1. The average Bonchev–Trinajstić information content (AvgIpc) is 2.72. The summed E-state index contributed by atoms with van der Waals surface area (Å²) < 4.78 is 5.01. The highest BCUT2D eigenvalue weighted by Gasteiger charge is 2.18. The first-order valence-corrected chi connectivity index (χ1v) is 5.58. The van der Waals surface area contributed by atoms with Gasteiger partial charge in [-0.2, -0.15) is 0 Å². The minimum absolute atomic E-state index is 0.160. The Hall–Kier alpha value is -2.36. The fraction of sp³-hybridized carbons (Fsp3) is 0.143. The van der Waals surface area contributed by atoms with E-state index in [0.29, 0.717) is 17.9 Å². The second kappa shape index (κ2) is 5.31. The molecule has 1 aromatic heterocycles. The lowest BCUT2D eigenvalue weighted by Crippen LogP contribution is -2.00. The molecule has 1 N–H and O–H groups in total. The highest BCUT2D eigenvalue weighted by Crippen LogP contribution is 2.15. The standard InChI is InChI=1S/C14H13NO3/c1-10-13(14(16)17)12(18-15-10)9-5-8-11-6-3-2-4-7-11/h2-8H,9H2,1H3,(H,16,17)/b8-5+. The minimum atomic E-state index is -1.00. The summed E-state index contributed by atoms with van der Waals surface area (Å²) in [5.74, 6) is -0.621. The fourth-order valence-corrected chi connectivity index (χ4v) is 1.70. The monoisotopic (exact) mass is 243 g/mol. The van der Waals surface area contributed by atoms with E-state index in [1.807, 2.05) is 42.5 Å². The Bertz CT molecular complexity index is 570. The number of hydrogen-bond donors (Lipinski definition) is 1. The summed E-state index contributed by atoms with van der Waals surface area (Å²) in [6, 6.07) is 9.78. The van der Waals surface area contributed by atoms with Crippen LogP contribution in [0.2, 0.25) is 0 Å². The number of rotatable bonds is 4. The van der Waals surface area contributed by atoms with Gasteiger partial charge in [-0.1, -0.05) is 47.6 Å². The van der Waals surface area contributed by atoms with Crippen molar-refractivity contribution in [3.63, 3.8) is 0 Å². The van der Waals surface area contributed by atoms with Crippen LogP contribution in [0.15, 0.2) is 40.9 Å². The molecule has 0 unspecified atom stereocenters. The molecule has 0 radical (unpaired) electrons. The van der Waals surface area contributed by atoms with Gasteiger partial charge in [-0.25, -0.2) is 4.79 Å². The molecule has 0 saturated heterocycles. The Morgan fingerprint density at radius 1 is 1.39 bits per heavy atom. The van der Waals surface area contributed by atoms with Gasteiger partial charge in [0.25, 0.3) is 0 Å². The Morgan fingerprint density at radius 3 is 2.78 bits per heavy atom. The summed E-state index contributed by atoms with van der Waals surface area (Å²) in [6.45, 7) is 1.62. The van der Waals surface area contributed by atoms with E-state index in [1.165, 1.54) is 0 Å². The van der Waals surface area contributed by atoms with Crippen molar-refractivity contribution >= 4 is 12.0 Å². The number of carboxylic acid groups (broad SMARTS) is 1. The van der Waals surface area contributed by atoms with E-state index >= 15 is 0 Å². The van der Waals surface area contributed by atoms with Gasteiger partial charge in [0.1, 0.15) is 5.56 Å². The van der Waals surface area contributed by atoms with Crippen LogP contribution >= 0.6 is 0 Å². The van der Waals surface area contributed by atoms with Crippen molar-refractivity contribution < 1.29 is 14.4 Å². The molecule has 1 aromatic carbocycles. The van der Waals surface area contributed by atoms with Crippen molar-refractivity contribution in [3.8, 4) is 0 Å². The molecule has 4 nitrogen and oxygen atoms in total. The lowest BCUT2D eigenvalue weighted by atomic mass is 10.1. The number of benzene rings is 1. The Balaban J connectivity index is 2.12. The van der Waals surface area contributed by atoms with Crippen LogP contribution in [0.5, 0.6) is 0 Å². The van der Waals surface area contributed by atoms with E-state index in [-0.39, 0.29) is 5.56 Å². The van der Waals surface area contributed by atoms with Crippen LogP contribution < -0.4 is 0 Å². The van der Waals surface area contributed by atoms with Crippen molar-refractivity contribution in [1.29, 1.82) is 0 Å². The summed E-state index contributed by atoms with van der Waals surface area (Å²) >= 11 is 0. The van der Waals surface area contributed by atoms with Crippen LogP contribution in [0.1, 0.15) is 27.4 Å². The predicted molar refractivity (Wildman–Crippen MR) is 67.4 cm³/mol. The first-order chi connectivity index (χ1) is 8.68. The third-order valence-corrected chi connectivity index (χ3v) is 2.56. The number of carbonyl (C=O) groups is 1. The van der Waals surface area contributed by atoms with Crippen molar-refractivity contribution in [2.75, 3.05) is 0 Å². The molecule has 0 amide bonds. The molecule has 0 aliphatic carbocycles. The molecule has 92 valence electrons. The maximum atomic E-state index is 11.0. The highest BCUT2D eigenvalue weighted by molar-refractivity contribution is 5.89. The molecule has 0 fully saturated rings. The lowest BCUT2D eigenvalue weighted by Gasteiger charge is -1.94. The second-order valence-electron chi connectivity index (χ2n) is 3.89. The largest absolute Gasteiger partial charge is 0.477 e. The Kier molecular flexibility index (Phi) is 3.57. The molecule has 18 heavy (non-hydrogen) atoms. The summed E-state index contributed by atoms with van der Waals surface area (Å²) in [7, 11) is 0. The summed E-state index contributed by atoms with van der Waals surface area (Å²) in [5.41, 5.74) is 1.63. The third kappa shape index (κ3) is 2.66. The molecule has 2 rings (SSSR count). The van der Waals surface area contributed by atoms with E-state index in [9.17, 15) is 4.79 Å². The number of hydrogen-bond acceptors (Lipinski definition) is 3. The maximum Gasteiger partial charge on any atom is 0.341 e. The molecule has 0 spiro atoms. The molecule has 0 saturated carbocycles. The first kappa shape index (κ1) is 12.1. The van der Waals surface area contributed by atoms with E-state index < -0.39 is 5.97 Å². The maximum absolute atomic E-state index is 11.0. The number of aromatic carboxylic acids is 1.